The van der Waals surface area contributed by atoms with Gasteiger partial charge in [0, 0.05) is 9.75 Å². The van der Waals surface area contributed by atoms with Gasteiger partial charge >= 0.3 is 0 Å². The van der Waals surface area contributed by atoms with E-state index in [9.17, 15) is 0 Å². The van der Waals surface area contributed by atoms with E-state index >= 15 is 0 Å². The number of hydrogen-bond acceptors (Lipinski definition) is 2. The Morgan fingerprint density at radius 1 is 0.613 bits per heavy atom. The minimum Gasteiger partial charge on any atom is -0.128 e. The van der Waals surface area contributed by atoms with Crippen LogP contribution in [0.1, 0.15) is 33.4 Å². The summed E-state index contributed by atoms with van der Waals surface area (Å²) >= 11 is 11.1. The molecule has 0 bridgehead atoms. The first-order chi connectivity index (χ1) is 14.7. The second kappa shape index (κ2) is 9.01. The highest BCUT2D eigenvalue weighted by molar-refractivity contribution is 9.11. The Balaban J connectivity index is 2.08. The predicted octanol–water partition coefficient (Wildman–Crippen LogP) is 7.37. The molecule has 0 aliphatic heterocycles. The fourth-order valence-electron chi connectivity index (χ4n) is 4.97. The summed E-state index contributed by atoms with van der Waals surface area (Å²) in [6.45, 7) is 13.6. The zero-order valence-corrected chi connectivity index (χ0v) is 23.5. The molecule has 0 nitrogen and oxygen atoms in total. The van der Waals surface area contributed by atoms with Gasteiger partial charge in [0.2, 0.25) is 6.71 Å². The van der Waals surface area contributed by atoms with E-state index in [1.165, 1.54) is 67.1 Å². The summed E-state index contributed by atoms with van der Waals surface area (Å²) in [5.74, 6) is 0. The highest BCUT2D eigenvalue weighted by Gasteiger charge is 2.32. The summed E-state index contributed by atoms with van der Waals surface area (Å²) in [7, 11) is 0. The molecule has 31 heavy (non-hydrogen) atoms. The van der Waals surface area contributed by atoms with E-state index in [1.54, 1.807) is 11.3 Å². The van der Waals surface area contributed by atoms with Crippen molar-refractivity contribution in [2.75, 3.05) is 0 Å². The van der Waals surface area contributed by atoms with Gasteiger partial charge in [-0.2, -0.15) is 0 Å². The fourth-order valence-corrected chi connectivity index (χ4v) is 8.14. The molecule has 0 aliphatic carbocycles. The van der Waals surface area contributed by atoms with E-state index in [0.29, 0.717) is 0 Å². The minimum absolute atomic E-state index is 0.194. The molecular formula is C26H25BBr2S2. The first kappa shape index (κ1) is 23.0. The predicted molar refractivity (Wildman–Crippen MR) is 149 cm³/mol. The summed E-state index contributed by atoms with van der Waals surface area (Å²) < 4.78 is 2.34. The maximum atomic E-state index is 3.81. The third kappa shape index (κ3) is 4.52. The van der Waals surface area contributed by atoms with E-state index in [-0.39, 0.29) is 6.71 Å². The molecule has 0 amide bonds. The smallest absolute Gasteiger partial charge is 0.128 e. The van der Waals surface area contributed by atoms with Crippen molar-refractivity contribution in [3.63, 3.8) is 0 Å². The molecule has 0 spiro atoms. The van der Waals surface area contributed by atoms with E-state index in [2.05, 4.69) is 116 Å². The van der Waals surface area contributed by atoms with Crippen LogP contribution in [0.2, 0.25) is 0 Å². The van der Waals surface area contributed by atoms with E-state index in [4.69, 9.17) is 0 Å². The number of halogens is 2. The summed E-state index contributed by atoms with van der Waals surface area (Å²) in [6, 6.07) is 16.0. The van der Waals surface area contributed by atoms with Crippen molar-refractivity contribution in [2.45, 2.75) is 41.5 Å². The van der Waals surface area contributed by atoms with Crippen molar-refractivity contribution in [3.8, 4) is 9.75 Å². The largest absolute Gasteiger partial charge is 0.244 e. The van der Waals surface area contributed by atoms with Gasteiger partial charge in [0.05, 0.1) is 7.57 Å². The summed E-state index contributed by atoms with van der Waals surface area (Å²) in [6.07, 6.45) is 0. The molecule has 2 aromatic carbocycles. The van der Waals surface area contributed by atoms with Gasteiger partial charge in [-0.1, -0.05) is 68.6 Å². The summed E-state index contributed by atoms with van der Waals surface area (Å²) in [5, 5.41) is 0. The molecular weight excluding hydrogens is 547 g/mol. The van der Waals surface area contributed by atoms with E-state index in [1.807, 2.05) is 11.3 Å². The molecule has 0 saturated heterocycles. The Morgan fingerprint density at radius 3 is 1.52 bits per heavy atom. The number of hydrogen-bond donors (Lipinski definition) is 0. The maximum absolute atomic E-state index is 3.81. The Morgan fingerprint density at radius 2 is 1.10 bits per heavy atom. The average Bonchev–Trinajstić information content (AvgIpc) is 3.24. The molecule has 0 aliphatic rings. The molecule has 5 heteroatoms. The van der Waals surface area contributed by atoms with Crippen molar-refractivity contribution in [3.05, 3.63) is 83.4 Å². The lowest BCUT2D eigenvalue weighted by molar-refractivity contribution is 1.34. The molecule has 0 saturated carbocycles. The average molecular weight is 572 g/mol. The minimum atomic E-state index is 0.194. The monoisotopic (exact) mass is 570 g/mol. The molecule has 0 radical (unpaired) electrons. The third-order valence-corrected chi connectivity index (χ3v) is 9.35. The van der Waals surface area contributed by atoms with Crippen LogP contribution in [-0.2, 0) is 0 Å². The molecule has 0 N–H and O–H groups in total. The zero-order valence-electron chi connectivity index (χ0n) is 18.7. The SMILES string of the molecule is Cc1cc(C)c(B(c2cc(Br)sc2-c2ccc(Br)s2)c2c(C)cc(C)cc2C)c(C)c1. The van der Waals surface area contributed by atoms with Crippen LogP contribution in [0.15, 0.2) is 50.0 Å². The van der Waals surface area contributed by atoms with Gasteiger partial charge in [0.25, 0.3) is 0 Å². The van der Waals surface area contributed by atoms with E-state index in [0.717, 1.165) is 0 Å². The Kier molecular flexibility index (Phi) is 6.70. The number of rotatable bonds is 4. The Hall–Kier alpha value is -1.14. The fraction of sp³-hybridized carbons (Fsp3) is 0.231. The van der Waals surface area contributed by atoms with E-state index < -0.39 is 0 Å². The quantitative estimate of drug-likeness (QED) is 0.224. The van der Waals surface area contributed by atoms with Crippen LogP contribution in [0.5, 0.6) is 0 Å². The summed E-state index contributed by atoms with van der Waals surface area (Å²) in [4.78, 5) is 2.67. The number of thiophene rings is 2. The lowest BCUT2D eigenvalue weighted by Crippen LogP contribution is -2.56. The van der Waals surface area contributed by atoms with Gasteiger partial charge in [-0.05, 0) is 97.1 Å². The van der Waals surface area contributed by atoms with Gasteiger partial charge < -0.3 is 0 Å². The van der Waals surface area contributed by atoms with Crippen molar-refractivity contribution in [1.82, 2.24) is 0 Å². The van der Waals surface area contributed by atoms with Crippen LogP contribution in [-0.4, -0.2) is 6.71 Å². The topological polar surface area (TPSA) is 0 Å². The molecule has 4 aromatic rings. The van der Waals surface area contributed by atoms with Crippen molar-refractivity contribution >= 4 is 77.6 Å². The maximum Gasteiger partial charge on any atom is 0.244 e. The van der Waals surface area contributed by atoms with Crippen molar-refractivity contribution in [1.29, 1.82) is 0 Å². The van der Waals surface area contributed by atoms with Crippen LogP contribution < -0.4 is 16.4 Å². The normalized spacial score (nSPS) is 11.2. The van der Waals surface area contributed by atoms with Crippen molar-refractivity contribution in [2.24, 2.45) is 0 Å². The van der Waals surface area contributed by atoms with Gasteiger partial charge in [-0.15, -0.1) is 22.7 Å². The van der Waals surface area contributed by atoms with Crippen LogP contribution >= 0.6 is 54.5 Å². The molecule has 2 heterocycles. The van der Waals surface area contributed by atoms with Gasteiger partial charge in [-0.25, -0.2) is 0 Å². The lowest BCUT2D eigenvalue weighted by Gasteiger charge is -2.24. The highest BCUT2D eigenvalue weighted by atomic mass is 79.9. The second-order valence-electron chi connectivity index (χ2n) is 8.50. The van der Waals surface area contributed by atoms with Gasteiger partial charge in [0.1, 0.15) is 0 Å². The molecule has 0 fully saturated rings. The van der Waals surface area contributed by atoms with Crippen LogP contribution in [0, 0.1) is 41.5 Å². The number of benzene rings is 2. The molecule has 0 unspecified atom stereocenters. The second-order valence-corrected chi connectivity index (χ2v) is 13.4. The highest BCUT2D eigenvalue weighted by Crippen LogP contribution is 2.36. The first-order valence-electron chi connectivity index (χ1n) is 10.4. The van der Waals surface area contributed by atoms with Crippen LogP contribution in [0.25, 0.3) is 9.75 Å². The molecule has 2 aromatic heterocycles. The summed E-state index contributed by atoms with van der Waals surface area (Å²) in [5.41, 5.74) is 12.4. The number of aryl methyl sites for hydroxylation is 6. The van der Waals surface area contributed by atoms with Crippen LogP contribution in [0.3, 0.4) is 0 Å². The molecule has 0 atom stereocenters. The Bertz CT molecular complexity index is 1180. The third-order valence-electron chi connectivity index (χ3n) is 5.89. The van der Waals surface area contributed by atoms with Crippen molar-refractivity contribution < 1.29 is 0 Å². The Labute approximate surface area is 211 Å². The lowest BCUT2D eigenvalue weighted by atomic mass is 9.34. The molecule has 158 valence electrons. The molecule has 4 rings (SSSR count). The first-order valence-corrected chi connectivity index (χ1v) is 13.6. The van der Waals surface area contributed by atoms with Gasteiger partial charge in [-0.3, -0.25) is 0 Å². The van der Waals surface area contributed by atoms with Crippen LogP contribution in [0.4, 0.5) is 0 Å². The standard InChI is InChI=1S/C26H25BBr2S2/c1-14-9-16(3)24(17(4)10-14)27(25-18(5)11-15(2)12-19(25)6)20-13-23(29)31-26(20)21-7-8-22(28)30-21/h7-13H,1-6H3. The van der Waals surface area contributed by atoms with Gasteiger partial charge in [0.15, 0.2) is 0 Å². The zero-order chi connectivity index (χ0) is 22.4.